The molecule has 2 rings (SSSR count). The maximum absolute atomic E-state index is 12.3. The molecule has 0 aliphatic carbocycles. The van der Waals surface area contributed by atoms with Crippen LogP contribution in [-0.2, 0) is 0 Å². The van der Waals surface area contributed by atoms with Crippen LogP contribution in [0.3, 0.4) is 0 Å². The molecule has 82 valence electrons. The van der Waals surface area contributed by atoms with Gasteiger partial charge in [-0.25, -0.2) is 9.11 Å². The summed E-state index contributed by atoms with van der Waals surface area (Å²) < 4.78 is 16.3. The van der Waals surface area contributed by atoms with Crippen molar-refractivity contribution >= 4 is 45.2 Å². The van der Waals surface area contributed by atoms with E-state index in [1.807, 2.05) is 17.0 Å². The average molecular weight is 312 g/mol. The summed E-state index contributed by atoms with van der Waals surface area (Å²) in [5.74, 6) is 0. The molecule has 0 amide bonds. The molecular formula is C9H9BrClFN2S. The van der Waals surface area contributed by atoms with Gasteiger partial charge in [0.05, 0.1) is 17.4 Å². The van der Waals surface area contributed by atoms with Gasteiger partial charge in [0.2, 0.25) is 0 Å². The van der Waals surface area contributed by atoms with Crippen molar-refractivity contribution < 1.29 is 4.39 Å². The van der Waals surface area contributed by atoms with E-state index in [0.717, 1.165) is 15.1 Å². The molecule has 0 unspecified atom stereocenters. The van der Waals surface area contributed by atoms with Crippen molar-refractivity contribution in [1.29, 1.82) is 0 Å². The van der Waals surface area contributed by atoms with Gasteiger partial charge in [0.1, 0.15) is 6.67 Å². The zero-order chi connectivity index (χ0) is 10.8. The largest absolute Gasteiger partial charge is 0.354 e. The van der Waals surface area contributed by atoms with E-state index >= 15 is 0 Å². The number of fused-ring (bicyclic) bond motifs is 1. The normalized spacial score (nSPS) is 15.3. The minimum atomic E-state index is -0.362. The van der Waals surface area contributed by atoms with Gasteiger partial charge in [-0.3, -0.25) is 0 Å². The minimum absolute atomic E-state index is 0.362. The summed E-state index contributed by atoms with van der Waals surface area (Å²) >= 11 is 10.9. The average Bonchev–Trinajstić information content (AvgIpc) is 2.21. The van der Waals surface area contributed by atoms with Crippen LogP contribution in [0.25, 0.3) is 0 Å². The maximum Gasteiger partial charge on any atom is 0.107 e. The molecular weight excluding hydrogens is 303 g/mol. The van der Waals surface area contributed by atoms with Gasteiger partial charge in [0, 0.05) is 15.9 Å². The highest BCUT2D eigenvalue weighted by molar-refractivity contribution is 9.10. The van der Waals surface area contributed by atoms with Gasteiger partial charge in [-0.2, -0.15) is 0 Å². The molecule has 1 N–H and O–H groups in total. The molecule has 0 saturated heterocycles. The van der Waals surface area contributed by atoms with Crippen LogP contribution in [0.5, 0.6) is 0 Å². The number of nitrogens with zero attached hydrogens (tertiary/aromatic N) is 1. The van der Waals surface area contributed by atoms with Crippen molar-refractivity contribution in [3.63, 3.8) is 0 Å². The summed E-state index contributed by atoms with van der Waals surface area (Å²) in [6.07, 6.45) is 0. The van der Waals surface area contributed by atoms with Crippen LogP contribution in [0.15, 0.2) is 21.5 Å². The monoisotopic (exact) mass is 310 g/mol. The van der Waals surface area contributed by atoms with Gasteiger partial charge in [-0.15, -0.1) is 0 Å². The molecule has 1 aromatic carbocycles. The summed E-state index contributed by atoms with van der Waals surface area (Å²) in [6, 6.07) is 3.81. The summed E-state index contributed by atoms with van der Waals surface area (Å²) in [6.45, 7) is 0.664. The van der Waals surface area contributed by atoms with E-state index in [4.69, 9.17) is 11.6 Å². The summed E-state index contributed by atoms with van der Waals surface area (Å²) in [5, 5.41) is 0.653. The number of alkyl halides is 1. The number of anilines is 1. The van der Waals surface area contributed by atoms with Crippen LogP contribution >= 0.6 is 39.5 Å². The third kappa shape index (κ3) is 2.41. The van der Waals surface area contributed by atoms with E-state index in [-0.39, 0.29) is 6.67 Å². The van der Waals surface area contributed by atoms with Crippen LogP contribution in [0, 0.1) is 0 Å². The highest BCUT2D eigenvalue weighted by atomic mass is 79.9. The fourth-order valence-corrected chi connectivity index (χ4v) is 2.92. The molecule has 0 spiro atoms. The van der Waals surface area contributed by atoms with E-state index in [2.05, 4.69) is 20.7 Å². The van der Waals surface area contributed by atoms with E-state index < -0.39 is 0 Å². The van der Waals surface area contributed by atoms with Gasteiger partial charge in [-0.05, 0) is 40.0 Å². The predicted octanol–water partition coefficient (Wildman–Crippen LogP) is 3.45. The van der Waals surface area contributed by atoms with Crippen molar-refractivity contribution in [2.24, 2.45) is 0 Å². The minimum Gasteiger partial charge on any atom is -0.354 e. The molecule has 0 saturated carbocycles. The number of hydrogen-bond acceptors (Lipinski definition) is 3. The molecule has 0 fully saturated rings. The molecule has 0 aromatic heterocycles. The maximum atomic E-state index is 12.3. The first-order chi connectivity index (χ1) is 7.22. The Kier molecular flexibility index (Phi) is 3.77. The van der Waals surface area contributed by atoms with Gasteiger partial charge < -0.3 is 4.90 Å². The van der Waals surface area contributed by atoms with Crippen LogP contribution in [-0.4, -0.2) is 19.9 Å². The lowest BCUT2D eigenvalue weighted by Gasteiger charge is -2.30. The molecule has 2 nitrogen and oxygen atoms in total. The first-order valence-electron chi connectivity index (χ1n) is 4.42. The number of nitrogens with one attached hydrogen (secondary N) is 1. The lowest BCUT2D eigenvalue weighted by atomic mass is 10.3. The molecule has 1 aliphatic rings. The molecule has 6 heteroatoms. The Balaban J connectivity index is 2.38. The molecule has 1 aliphatic heterocycles. The van der Waals surface area contributed by atoms with Gasteiger partial charge >= 0.3 is 0 Å². The number of benzene rings is 1. The Morgan fingerprint density at radius 1 is 1.60 bits per heavy atom. The van der Waals surface area contributed by atoms with Crippen LogP contribution in [0.2, 0.25) is 5.02 Å². The quantitative estimate of drug-likeness (QED) is 0.842. The van der Waals surface area contributed by atoms with Gasteiger partial charge in [-0.1, -0.05) is 11.6 Å². The molecule has 0 atom stereocenters. The Bertz CT molecular complexity index is 377. The van der Waals surface area contributed by atoms with Crippen LogP contribution in [0.4, 0.5) is 10.1 Å². The standard InChI is InChI=1S/C9H9BrClFN2S/c10-6-3-9-8(4-7(6)11)14(2-1-12)5-13-15-9/h3-4,13H,1-2,5H2. The third-order valence-electron chi connectivity index (χ3n) is 2.13. The smallest absolute Gasteiger partial charge is 0.107 e. The lowest BCUT2D eigenvalue weighted by Crippen LogP contribution is -2.36. The van der Waals surface area contributed by atoms with E-state index in [9.17, 15) is 4.39 Å². The topological polar surface area (TPSA) is 15.3 Å². The zero-order valence-corrected chi connectivity index (χ0v) is 10.9. The van der Waals surface area contributed by atoms with Crippen molar-refractivity contribution in [2.75, 3.05) is 24.8 Å². The second kappa shape index (κ2) is 4.91. The van der Waals surface area contributed by atoms with Crippen molar-refractivity contribution in [3.8, 4) is 0 Å². The van der Waals surface area contributed by atoms with Gasteiger partial charge in [0.15, 0.2) is 0 Å². The lowest BCUT2D eigenvalue weighted by molar-refractivity contribution is 0.488. The van der Waals surface area contributed by atoms with Crippen molar-refractivity contribution in [2.45, 2.75) is 4.90 Å². The Hall–Kier alpha value is 0.0300. The second-order valence-corrected chi connectivity index (χ2v) is 5.29. The number of halogens is 3. The molecule has 15 heavy (non-hydrogen) atoms. The van der Waals surface area contributed by atoms with Crippen molar-refractivity contribution in [3.05, 3.63) is 21.6 Å². The Morgan fingerprint density at radius 2 is 2.40 bits per heavy atom. The van der Waals surface area contributed by atoms with E-state index in [1.54, 1.807) is 0 Å². The highest BCUT2D eigenvalue weighted by Crippen LogP contribution is 2.38. The SMILES string of the molecule is FCCN1CNSc2cc(Br)c(Cl)cc21. The zero-order valence-electron chi connectivity index (χ0n) is 7.77. The molecule has 1 aromatic rings. The van der Waals surface area contributed by atoms with Crippen LogP contribution < -0.4 is 9.62 Å². The first-order valence-corrected chi connectivity index (χ1v) is 6.41. The Morgan fingerprint density at radius 3 is 3.13 bits per heavy atom. The van der Waals surface area contributed by atoms with Crippen LogP contribution in [0.1, 0.15) is 0 Å². The first kappa shape index (κ1) is 11.5. The Labute approximate surface area is 105 Å². The fraction of sp³-hybridized carbons (Fsp3) is 0.333. The summed E-state index contributed by atoms with van der Waals surface area (Å²) in [7, 11) is 0. The number of hydrogen-bond donors (Lipinski definition) is 1. The molecule has 0 bridgehead atoms. The molecule has 0 radical (unpaired) electrons. The third-order valence-corrected chi connectivity index (χ3v) is 4.15. The highest BCUT2D eigenvalue weighted by Gasteiger charge is 2.18. The van der Waals surface area contributed by atoms with E-state index in [1.165, 1.54) is 11.9 Å². The van der Waals surface area contributed by atoms with E-state index in [0.29, 0.717) is 18.2 Å². The van der Waals surface area contributed by atoms with Gasteiger partial charge in [0.25, 0.3) is 0 Å². The second-order valence-electron chi connectivity index (χ2n) is 3.09. The summed E-state index contributed by atoms with van der Waals surface area (Å²) in [5.41, 5.74) is 0.990. The molecule has 1 heterocycles. The summed E-state index contributed by atoms with van der Waals surface area (Å²) in [4.78, 5) is 3.00. The van der Waals surface area contributed by atoms with Crippen molar-refractivity contribution in [1.82, 2.24) is 4.72 Å². The number of rotatable bonds is 2. The predicted molar refractivity (Wildman–Crippen MR) is 66.3 cm³/mol. The fourth-order valence-electron chi connectivity index (χ4n) is 1.42.